The molecule has 1 saturated heterocycles. The first-order valence-electron chi connectivity index (χ1n) is 10.0. The number of anilines is 2. The zero-order valence-electron chi connectivity index (χ0n) is 18.1. The molecule has 9 heteroatoms. The zero-order chi connectivity index (χ0) is 22.0. The number of nitrogens with zero attached hydrogens (tertiary/aromatic N) is 6. The number of nitro groups is 1. The fraction of sp³-hybridized carbons (Fsp3) is 0.476. The molecule has 30 heavy (non-hydrogen) atoms. The van der Waals surface area contributed by atoms with Crippen LogP contribution in [0.1, 0.15) is 41.6 Å². The van der Waals surface area contributed by atoms with Crippen molar-refractivity contribution in [3.8, 4) is 0 Å². The summed E-state index contributed by atoms with van der Waals surface area (Å²) in [5.74, 6) is 1.74. The second kappa shape index (κ2) is 8.64. The van der Waals surface area contributed by atoms with E-state index in [2.05, 4.69) is 28.7 Å². The summed E-state index contributed by atoms with van der Waals surface area (Å²) in [6, 6.07) is 6.38. The Morgan fingerprint density at radius 1 is 1.13 bits per heavy atom. The van der Waals surface area contributed by atoms with E-state index < -0.39 is 4.92 Å². The van der Waals surface area contributed by atoms with Crippen LogP contribution in [0.15, 0.2) is 24.3 Å². The first kappa shape index (κ1) is 21.5. The van der Waals surface area contributed by atoms with Crippen molar-refractivity contribution >= 4 is 23.1 Å². The molecule has 160 valence electrons. The molecular formula is C21H28N6O3. The average Bonchev–Trinajstić information content (AvgIpc) is 2.72. The number of hydrogen-bond acceptors (Lipinski definition) is 7. The summed E-state index contributed by atoms with van der Waals surface area (Å²) < 4.78 is 0. The molecule has 0 saturated carbocycles. The van der Waals surface area contributed by atoms with Crippen molar-refractivity contribution in [3.63, 3.8) is 0 Å². The lowest BCUT2D eigenvalue weighted by Crippen LogP contribution is -2.49. The summed E-state index contributed by atoms with van der Waals surface area (Å²) in [6.07, 6.45) is 0. The van der Waals surface area contributed by atoms with Gasteiger partial charge < -0.3 is 14.7 Å². The number of aryl methyl sites for hydroxylation is 1. The Kier molecular flexibility index (Phi) is 6.19. The third-order valence-electron chi connectivity index (χ3n) is 5.17. The molecule has 0 unspecified atom stereocenters. The fourth-order valence-electron chi connectivity index (χ4n) is 3.50. The van der Waals surface area contributed by atoms with Gasteiger partial charge in [-0.1, -0.05) is 13.8 Å². The highest BCUT2D eigenvalue weighted by atomic mass is 16.6. The van der Waals surface area contributed by atoms with E-state index in [4.69, 9.17) is 0 Å². The minimum Gasteiger partial charge on any atom is -0.377 e. The maximum atomic E-state index is 13.2. The Hall–Kier alpha value is -3.23. The summed E-state index contributed by atoms with van der Waals surface area (Å²) >= 11 is 0. The average molecular weight is 412 g/mol. The summed E-state index contributed by atoms with van der Waals surface area (Å²) in [5.41, 5.74) is 1.86. The fourth-order valence-corrected chi connectivity index (χ4v) is 3.50. The molecule has 1 aromatic carbocycles. The molecule has 1 amide bonds. The van der Waals surface area contributed by atoms with Gasteiger partial charge in [-0.2, -0.15) is 0 Å². The van der Waals surface area contributed by atoms with Gasteiger partial charge in [0.1, 0.15) is 11.6 Å². The minimum atomic E-state index is -0.474. The number of aromatic nitrogens is 2. The quantitative estimate of drug-likeness (QED) is 0.550. The number of rotatable bonds is 5. The maximum absolute atomic E-state index is 13.2. The van der Waals surface area contributed by atoms with Crippen molar-refractivity contribution in [3.05, 3.63) is 51.5 Å². The lowest BCUT2D eigenvalue weighted by Gasteiger charge is -2.36. The van der Waals surface area contributed by atoms with Crippen LogP contribution in [0.25, 0.3) is 0 Å². The van der Waals surface area contributed by atoms with E-state index in [0.29, 0.717) is 37.4 Å². The molecule has 0 radical (unpaired) electrons. The first-order valence-corrected chi connectivity index (χ1v) is 10.0. The molecule has 9 nitrogen and oxygen atoms in total. The Bertz CT molecular complexity index is 952. The number of carbonyl (C=O) groups is 1. The maximum Gasteiger partial charge on any atom is 0.270 e. The highest BCUT2D eigenvalue weighted by molar-refractivity contribution is 6.00. The molecule has 1 aromatic heterocycles. The van der Waals surface area contributed by atoms with Crippen LogP contribution >= 0.6 is 0 Å². The molecule has 1 aliphatic rings. The second-order valence-corrected chi connectivity index (χ2v) is 8.01. The van der Waals surface area contributed by atoms with Crippen molar-refractivity contribution in [1.82, 2.24) is 14.9 Å². The van der Waals surface area contributed by atoms with Crippen molar-refractivity contribution in [2.45, 2.75) is 26.7 Å². The predicted molar refractivity (Wildman–Crippen MR) is 116 cm³/mol. The highest BCUT2D eigenvalue weighted by Gasteiger charge is 2.27. The molecule has 1 fully saturated rings. The second-order valence-electron chi connectivity index (χ2n) is 8.01. The lowest BCUT2D eigenvalue weighted by molar-refractivity contribution is -0.384. The Labute approximate surface area is 176 Å². The lowest BCUT2D eigenvalue weighted by atomic mass is 10.1. The summed E-state index contributed by atoms with van der Waals surface area (Å²) in [6.45, 7) is 8.43. The molecule has 2 heterocycles. The van der Waals surface area contributed by atoms with Gasteiger partial charge in [0, 0.05) is 75.8 Å². The SMILES string of the molecule is Cc1cc(N2CCN(C(=O)c3cc([N+](=O)[O-])ccc3N(C)C)CC2)nc(C(C)C)n1. The Morgan fingerprint density at radius 2 is 1.80 bits per heavy atom. The molecular weight excluding hydrogens is 384 g/mol. The number of nitro benzene ring substituents is 1. The van der Waals surface area contributed by atoms with E-state index in [0.717, 1.165) is 17.3 Å². The predicted octanol–water partition coefficient (Wildman–Crippen LogP) is 2.85. The molecule has 3 rings (SSSR count). The number of non-ortho nitro benzene ring substituents is 1. The van der Waals surface area contributed by atoms with E-state index >= 15 is 0 Å². The normalized spacial score (nSPS) is 14.2. The monoisotopic (exact) mass is 412 g/mol. The standard InChI is InChI=1S/C21H28N6O3/c1-14(2)20-22-15(3)12-19(23-20)25-8-10-26(11-9-25)21(28)17-13-16(27(29)30)6-7-18(17)24(4)5/h6-7,12-14H,8-11H2,1-5H3. The van der Waals surface area contributed by atoms with Gasteiger partial charge in [-0.15, -0.1) is 0 Å². The van der Waals surface area contributed by atoms with Gasteiger partial charge in [0.15, 0.2) is 0 Å². The van der Waals surface area contributed by atoms with Crippen LogP contribution in [0, 0.1) is 17.0 Å². The first-order chi connectivity index (χ1) is 14.2. The Morgan fingerprint density at radius 3 is 2.37 bits per heavy atom. The largest absolute Gasteiger partial charge is 0.377 e. The third kappa shape index (κ3) is 4.50. The van der Waals surface area contributed by atoms with Crippen LogP contribution in [-0.2, 0) is 0 Å². The molecule has 0 aliphatic carbocycles. The highest BCUT2D eigenvalue weighted by Crippen LogP contribution is 2.26. The van der Waals surface area contributed by atoms with Gasteiger partial charge in [-0.3, -0.25) is 14.9 Å². The van der Waals surface area contributed by atoms with Crippen LogP contribution < -0.4 is 9.80 Å². The van der Waals surface area contributed by atoms with Crippen molar-refractivity contribution in [2.24, 2.45) is 0 Å². The number of hydrogen-bond donors (Lipinski definition) is 0. The van der Waals surface area contributed by atoms with Gasteiger partial charge in [0.05, 0.1) is 10.5 Å². The van der Waals surface area contributed by atoms with Gasteiger partial charge in [-0.05, 0) is 13.0 Å². The Balaban J connectivity index is 1.78. The molecule has 1 aliphatic heterocycles. The van der Waals surface area contributed by atoms with Crippen LogP contribution in [0.5, 0.6) is 0 Å². The van der Waals surface area contributed by atoms with Gasteiger partial charge in [-0.25, -0.2) is 9.97 Å². The number of amides is 1. The van der Waals surface area contributed by atoms with Gasteiger partial charge >= 0.3 is 0 Å². The molecule has 0 atom stereocenters. The third-order valence-corrected chi connectivity index (χ3v) is 5.17. The van der Waals surface area contributed by atoms with Gasteiger partial charge in [0.2, 0.25) is 0 Å². The molecule has 0 spiro atoms. The molecule has 0 N–H and O–H groups in total. The van der Waals surface area contributed by atoms with Crippen molar-refractivity contribution in [2.75, 3.05) is 50.1 Å². The van der Waals surface area contributed by atoms with E-state index in [9.17, 15) is 14.9 Å². The topological polar surface area (TPSA) is 95.7 Å². The smallest absolute Gasteiger partial charge is 0.270 e. The zero-order valence-corrected chi connectivity index (χ0v) is 18.1. The number of piperazine rings is 1. The van der Waals surface area contributed by atoms with Gasteiger partial charge in [0.25, 0.3) is 11.6 Å². The van der Waals surface area contributed by atoms with Crippen LogP contribution in [0.3, 0.4) is 0 Å². The molecule has 0 bridgehead atoms. The van der Waals surface area contributed by atoms with Crippen LogP contribution in [0.2, 0.25) is 0 Å². The van der Waals surface area contributed by atoms with E-state index in [1.807, 2.05) is 27.1 Å². The van der Waals surface area contributed by atoms with Crippen LogP contribution in [0.4, 0.5) is 17.2 Å². The van der Waals surface area contributed by atoms with E-state index in [1.54, 1.807) is 15.9 Å². The summed E-state index contributed by atoms with van der Waals surface area (Å²) in [4.78, 5) is 38.8. The number of carbonyl (C=O) groups excluding carboxylic acids is 1. The minimum absolute atomic E-state index is 0.0831. The van der Waals surface area contributed by atoms with E-state index in [-0.39, 0.29) is 17.5 Å². The van der Waals surface area contributed by atoms with Crippen molar-refractivity contribution in [1.29, 1.82) is 0 Å². The van der Waals surface area contributed by atoms with E-state index in [1.165, 1.54) is 12.1 Å². The number of benzene rings is 1. The van der Waals surface area contributed by atoms with Crippen molar-refractivity contribution < 1.29 is 9.72 Å². The van der Waals surface area contributed by atoms with Crippen LogP contribution in [-0.4, -0.2) is 66.0 Å². The summed E-state index contributed by atoms with van der Waals surface area (Å²) in [7, 11) is 3.64. The molecule has 2 aromatic rings. The summed E-state index contributed by atoms with van der Waals surface area (Å²) in [5, 5.41) is 11.2.